The number of carboxylic acids is 1. The lowest BCUT2D eigenvalue weighted by Gasteiger charge is -2.06. The van der Waals surface area contributed by atoms with Crippen molar-refractivity contribution in [2.45, 2.75) is 6.92 Å². The van der Waals surface area contributed by atoms with Gasteiger partial charge in [-0.25, -0.2) is 4.79 Å². The second-order valence-corrected chi connectivity index (χ2v) is 4.42. The molecule has 0 heterocycles. The number of rotatable bonds is 5. The molecule has 2 aromatic rings. The van der Waals surface area contributed by atoms with Gasteiger partial charge in [0.25, 0.3) is 0 Å². The number of nitrogens with zero attached hydrogens (tertiary/aromatic N) is 1. The first-order chi connectivity index (χ1) is 10.1. The Morgan fingerprint density at radius 2 is 1.86 bits per heavy atom. The Balaban J connectivity index is 2.10. The molecule has 21 heavy (non-hydrogen) atoms. The summed E-state index contributed by atoms with van der Waals surface area (Å²) in [7, 11) is 1.62. The SMILES string of the molecule is COc1cccc(C(C)=NNc2ccc(C(=O)O)cc2)c1. The van der Waals surface area contributed by atoms with Crippen molar-refractivity contribution in [1.29, 1.82) is 0 Å². The van der Waals surface area contributed by atoms with E-state index in [9.17, 15) is 4.79 Å². The number of carboxylic acid groups (broad SMARTS) is 1. The minimum Gasteiger partial charge on any atom is -0.497 e. The molecule has 0 bridgehead atoms. The maximum atomic E-state index is 10.8. The van der Waals surface area contributed by atoms with Crippen LogP contribution < -0.4 is 10.2 Å². The van der Waals surface area contributed by atoms with E-state index in [1.807, 2.05) is 31.2 Å². The highest BCUT2D eigenvalue weighted by Gasteiger charge is 2.02. The van der Waals surface area contributed by atoms with Gasteiger partial charge in [-0.2, -0.15) is 5.10 Å². The van der Waals surface area contributed by atoms with E-state index in [-0.39, 0.29) is 5.56 Å². The van der Waals surface area contributed by atoms with Crippen LogP contribution in [0.25, 0.3) is 0 Å². The second-order valence-electron chi connectivity index (χ2n) is 4.42. The van der Waals surface area contributed by atoms with E-state index >= 15 is 0 Å². The summed E-state index contributed by atoms with van der Waals surface area (Å²) in [5, 5.41) is 13.1. The molecule has 0 aromatic heterocycles. The van der Waals surface area contributed by atoms with Gasteiger partial charge in [-0.1, -0.05) is 12.1 Å². The smallest absolute Gasteiger partial charge is 0.335 e. The number of hydrazone groups is 1. The van der Waals surface area contributed by atoms with Crippen molar-refractivity contribution in [2.75, 3.05) is 12.5 Å². The van der Waals surface area contributed by atoms with Crippen LogP contribution in [-0.4, -0.2) is 23.9 Å². The third-order valence-corrected chi connectivity index (χ3v) is 2.97. The quantitative estimate of drug-likeness (QED) is 0.653. The lowest BCUT2D eigenvalue weighted by Crippen LogP contribution is -2.01. The van der Waals surface area contributed by atoms with Crippen LogP contribution in [0, 0.1) is 0 Å². The summed E-state index contributed by atoms with van der Waals surface area (Å²) in [5.74, 6) is -0.175. The van der Waals surface area contributed by atoms with Crippen LogP contribution in [-0.2, 0) is 0 Å². The summed E-state index contributed by atoms with van der Waals surface area (Å²) < 4.78 is 5.17. The Morgan fingerprint density at radius 3 is 2.48 bits per heavy atom. The third-order valence-electron chi connectivity index (χ3n) is 2.97. The molecule has 108 valence electrons. The summed E-state index contributed by atoms with van der Waals surface area (Å²) in [6, 6.07) is 14.0. The molecule has 0 saturated heterocycles. The van der Waals surface area contributed by atoms with Crippen LogP contribution in [0.2, 0.25) is 0 Å². The highest BCUT2D eigenvalue weighted by Crippen LogP contribution is 2.14. The van der Waals surface area contributed by atoms with E-state index in [0.717, 1.165) is 22.7 Å². The lowest BCUT2D eigenvalue weighted by atomic mass is 10.1. The van der Waals surface area contributed by atoms with E-state index < -0.39 is 5.97 Å². The minimum atomic E-state index is -0.947. The van der Waals surface area contributed by atoms with Gasteiger partial charge in [-0.15, -0.1) is 0 Å². The number of benzene rings is 2. The van der Waals surface area contributed by atoms with Gasteiger partial charge in [0.15, 0.2) is 0 Å². The first kappa shape index (κ1) is 14.6. The fraction of sp³-hybridized carbons (Fsp3) is 0.125. The summed E-state index contributed by atoms with van der Waals surface area (Å²) in [6.45, 7) is 1.88. The number of aromatic carboxylic acids is 1. The average Bonchev–Trinajstić information content (AvgIpc) is 2.53. The number of carbonyl (C=O) groups is 1. The van der Waals surface area contributed by atoms with Crippen molar-refractivity contribution in [3.63, 3.8) is 0 Å². The molecule has 0 spiro atoms. The molecule has 0 aliphatic heterocycles. The van der Waals surface area contributed by atoms with Crippen molar-refractivity contribution in [3.8, 4) is 5.75 Å². The van der Waals surface area contributed by atoms with E-state index in [2.05, 4.69) is 10.5 Å². The number of nitrogens with one attached hydrogen (secondary N) is 1. The standard InChI is InChI=1S/C16H16N2O3/c1-11(13-4-3-5-15(10-13)21-2)17-18-14-8-6-12(7-9-14)16(19)20/h3-10,18H,1-2H3,(H,19,20). The van der Waals surface area contributed by atoms with Gasteiger partial charge in [-0.05, 0) is 43.3 Å². The van der Waals surface area contributed by atoms with Gasteiger partial charge in [0.1, 0.15) is 5.75 Å². The minimum absolute atomic E-state index is 0.244. The van der Waals surface area contributed by atoms with E-state index in [4.69, 9.17) is 9.84 Å². The Bertz CT molecular complexity index is 663. The number of methoxy groups -OCH3 is 1. The van der Waals surface area contributed by atoms with Crippen LogP contribution in [0.1, 0.15) is 22.8 Å². The van der Waals surface area contributed by atoms with Crippen LogP contribution in [0.4, 0.5) is 5.69 Å². The predicted octanol–water partition coefficient (Wildman–Crippen LogP) is 3.23. The molecule has 0 radical (unpaired) electrons. The molecule has 5 nitrogen and oxygen atoms in total. The summed E-state index contributed by atoms with van der Waals surface area (Å²) in [4.78, 5) is 10.8. The van der Waals surface area contributed by atoms with Crippen LogP contribution >= 0.6 is 0 Å². The van der Waals surface area contributed by atoms with Crippen molar-refractivity contribution >= 4 is 17.4 Å². The van der Waals surface area contributed by atoms with Crippen molar-refractivity contribution < 1.29 is 14.6 Å². The number of anilines is 1. The van der Waals surface area contributed by atoms with Crippen LogP contribution in [0.5, 0.6) is 5.75 Å². The Kier molecular flexibility index (Phi) is 4.56. The fourth-order valence-electron chi connectivity index (χ4n) is 1.75. The molecular formula is C16H16N2O3. The molecule has 0 unspecified atom stereocenters. The molecule has 0 aliphatic rings. The van der Waals surface area contributed by atoms with Gasteiger partial charge >= 0.3 is 5.97 Å². The molecular weight excluding hydrogens is 268 g/mol. The molecule has 2 N–H and O–H groups in total. The zero-order valence-electron chi connectivity index (χ0n) is 11.8. The third kappa shape index (κ3) is 3.82. The average molecular weight is 284 g/mol. The first-order valence-corrected chi connectivity index (χ1v) is 6.38. The molecule has 0 fully saturated rings. The van der Waals surface area contributed by atoms with E-state index in [1.165, 1.54) is 12.1 Å². The normalized spacial score (nSPS) is 11.0. The first-order valence-electron chi connectivity index (χ1n) is 6.38. The Labute approximate surface area is 122 Å². The summed E-state index contributed by atoms with van der Waals surface area (Å²) in [5.41, 5.74) is 5.62. The topological polar surface area (TPSA) is 70.9 Å². The molecule has 0 saturated carbocycles. The van der Waals surface area contributed by atoms with Crippen molar-refractivity contribution in [1.82, 2.24) is 0 Å². The highest BCUT2D eigenvalue weighted by atomic mass is 16.5. The molecule has 2 aromatic carbocycles. The van der Waals surface area contributed by atoms with E-state index in [0.29, 0.717) is 0 Å². The number of hydrogen-bond acceptors (Lipinski definition) is 4. The number of ether oxygens (including phenoxy) is 1. The summed E-state index contributed by atoms with van der Waals surface area (Å²) in [6.07, 6.45) is 0. The molecule has 2 rings (SSSR count). The molecule has 0 amide bonds. The van der Waals surface area contributed by atoms with Gasteiger partial charge in [0, 0.05) is 5.56 Å². The molecule has 0 aliphatic carbocycles. The van der Waals surface area contributed by atoms with Crippen LogP contribution in [0.3, 0.4) is 0 Å². The molecule has 0 atom stereocenters. The zero-order chi connectivity index (χ0) is 15.2. The summed E-state index contributed by atoms with van der Waals surface area (Å²) >= 11 is 0. The monoisotopic (exact) mass is 284 g/mol. The van der Waals surface area contributed by atoms with Gasteiger partial charge < -0.3 is 9.84 Å². The number of hydrogen-bond donors (Lipinski definition) is 2. The van der Waals surface area contributed by atoms with E-state index in [1.54, 1.807) is 19.2 Å². The maximum absolute atomic E-state index is 10.8. The predicted molar refractivity (Wildman–Crippen MR) is 82.2 cm³/mol. The molecule has 5 heteroatoms. The van der Waals surface area contributed by atoms with Crippen molar-refractivity contribution in [2.24, 2.45) is 5.10 Å². The van der Waals surface area contributed by atoms with Gasteiger partial charge in [0.05, 0.1) is 24.1 Å². The largest absolute Gasteiger partial charge is 0.497 e. The maximum Gasteiger partial charge on any atom is 0.335 e. The van der Waals surface area contributed by atoms with Crippen molar-refractivity contribution in [3.05, 3.63) is 59.7 Å². The Hall–Kier alpha value is -2.82. The highest BCUT2D eigenvalue weighted by molar-refractivity contribution is 5.99. The lowest BCUT2D eigenvalue weighted by molar-refractivity contribution is 0.0697. The second kappa shape index (κ2) is 6.56. The zero-order valence-corrected chi connectivity index (χ0v) is 11.8. The van der Waals surface area contributed by atoms with Crippen LogP contribution in [0.15, 0.2) is 53.6 Å². The van der Waals surface area contributed by atoms with Gasteiger partial charge in [0.2, 0.25) is 0 Å². The van der Waals surface area contributed by atoms with Gasteiger partial charge in [-0.3, -0.25) is 5.43 Å². The Morgan fingerprint density at radius 1 is 1.14 bits per heavy atom. The fourth-order valence-corrected chi connectivity index (χ4v) is 1.75.